The van der Waals surface area contributed by atoms with Crippen LogP contribution >= 0.6 is 0 Å². The second kappa shape index (κ2) is 14.0. The summed E-state index contributed by atoms with van der Waals surface area (Å²) >= 11 is 0. The zero-order valence-corrected chi connectivity index (χ0v) is 36.2. The first-order chi connectivity index (χ1) is 30.8. The van der Waals surface area contributed by atoms with Crippen molar-refractivity contribution < 1.29 is 0 Å². The molecule has 0 aliphatic heterocycles. The maximum atomic E-state index is 2.44. The van der Waals surface area contributed by atoms with Crippen LogP contribution in [0.25, 0.3) is 77.2 Å². The van der Waals surface area contributed by atoms with Crippen LogP contribution in [0.1, 0.15) is 49.9 Å². The van der Waals surface area contributed by atoms with E-state index in [2.05, 4.69) is 245 Å². The summed E-state index contributed by atoms with van der Waals surface area (Å²) < 4.78 is 0. The van der Waals surface area contributed by atoms with E-state index < -0.39 is 0 Å². The van der Waals surface area contributed by atoms with Crippen molar-refractivity contribution in [3.8, 4) is 55.6 Å². The Hall–Kier alpha value is -7.48. The van der Waals surface area contributed by atoms with E-state index in [4.69, 9.17) is 0 Å². The van der Waals surface area contributed by atoms with Crippen LogP contribution in [-0.4, -0.2) is 0 Å². The molecule has 10 aromatic rings. The SMILES string of the molecule is CC1(C)c2ccccc2-c2ccc(-c3ccc(N(c4ccc(-c5cccc6c5C(C)(C)c5ccccc5-6)cc4)c4ccccc4-c4ccc5c(ccc6ccccc65)c4)cc3)cc21. The number of benzene rings is 10. The van der Waals surface area contributed by atoms with Crippen LogP contribution in [0.3, 0.4) is 0 Å². The number of rotatable bonds is 6. The van der Waals surface area contributed by atoms with Gasteiger partial charge in [-0.25, -0.2) is 0 Å². The molecule has 12 rings (SSSR count). The molecule has 2 aliphatic carbocycles. The van der Waals surface area contributed by atoms with Gasteiger partial charge in [0.25, 0.3) is 0 Å². The van der Waals surface area contributed by atoms with Gasteiger partial charge in [-0.05, 0) is 136 Å². The third kappa shape index (κ3) is 5.76. The van der Waals surface area contributed by atoms with Gasteiger partial charge in [-0.15, -0.1) is 0 Å². The van der Waals surface area contributed by atoms with Crippen LogP contribution < -0.4 is 4.90 Å². The largest absolute Gasteiger partial charge is 0.310 e. The first-order valence-corrected chi connectivity index (χ1v) is 22.3. The molecular weight excluding hydrogens is 759 g/mol. The number of fused-ring (bicyclic) bond motifs is 9. The zero-order chi connectivity index (χ0) is 42.5. The molecule has 0 aromatic heterocycles. The van der Waals surface area contributed by atoms with E-state index in [0.29, 0.717) is 0 Å². The average molecular weight is 806 g/mol. The van der Waals surface area contributed by atoms with Gasteiger partial charge in [-0.1, -0.05) is 198 Å². The van der Waals surface area contributed by atoms with Crippen LogP contribution in [0, 0.1) is 0 Å². The van der Waals surface area contributed by atoms with Crippen molar-refractivity contribution in [1.82, 2.24) is 0 Å². The molecule has 63 heavy (non-hydrogen) atoms. The Balaban J connectivity index is 0.974. The summed E-state index contributed by atoms with van der Waals surface area (Å²) in [7, 11) is 0. The molecule has 0 heterocycles. The van der Waals surface area contributed by atoms with Crippen LogP contribution in [0.5, 0.6) is 0 Å². The smallest absolute Gasteiger partial charge is 0.0540 e. The highest BCUT2D eigenvalue weighted by atomic mass is 15.1. The van der Waals surface area contributed by atoms with Gasteiger partial charge in [0.15, 0.2) is 0 Å². The highest BCUT2D eigenvalue weighted by Gasteiger charge is 2.38. The molecule has 0 atom stereocenters. The van der Waals surface area contributed by atoms with Crippen LogP contribution in [0.2, 0.25) is 0 Å². The predicted octanol–water partition coefficient (Wildman–Crippen LogP) is 17.1. The molecule has 0 saturated carbocycles. The van der Waals surface area contributed by atoms with Crippen molar-refractivity contribution in [3.05, 3.63) is 235 Å². The van der Waals surface area contributed by atoms with Crippen molar-refractivity contribution >= 4 is 38.6 Å². The summed E-state index contributed by atoms with van der Waals surface area (Å²) in [5.74, 6) is 0. The van der Waals surface area contributed by atoms with Crippen LogP contribution in [0.4, 0.5) is 17.1 Å². The highest BCUT2D eigenvalue weighted by Crippen LogP contribution is 2.53. The Bertz CT molecular complexity index is 3440. The van der Waals surface area contributed by atoms with Gasteiger partial charge >= 0.3 is 0 Å². The van der Waals surface area contributed by atoms with Gasteiger partial charge < -0.3 is 4.90 Å². The normalized spacial score (nSPS) is 14.0. The molecule has 0 unspecified atom stereocenters. The first-order valence-electron chi connectivity index (χ1n) is 22.3. The van der Waals surface area contributed by atoms with E-state index in [1.54, 1.807) is 0 Å². The van der Waals surface area contributed by atoms with E-state index in [9.17, 15) is 0 Å². The molecule has 0 fully saturated rings. The summed E-state index contributed by atoms with van der Waals surface area (Å²) in [5, 5.41) is 5.06. The second-order valence-electron chi connectivity index (χ2n) is 18.5. The Morgan fingerprint density at radius 3 is 1.59 bits per heavy atom. The van der Waals surface area contributed by atoms with Gasteiger partial charge in [0.05, 0.1) is 5.69 Å². The fraction of sp³-hybridized carbons (Fsp3) is 0.0968. The Morgan fingerprint density at radius 1 is 0.302 bits per heavy atom. The molecular formula is C62H47N. The number of hydrogen-bond acceptors (Lipinski definition) is 1. The lowest BCUT2D eigenvalue weighted by Crippen LogP contribution is -2.16. The molecule has 1 heteroatoms. The van der Waals surface area contributed by atoms with Gasteiger partial charge in [-0.3, -0.25) is 0 Å². The maximum Gasteiger partial charge on any atom is 0.0540 e. The number of nitrogens with zero attached hydrogens (tertiary/aromatic N) is 1. The fourth-order valence-corrected chi connectivity index (χ4v) is 11.1. The zero-order valence-electron chi connectivity index (χ0n) is 36.2. The lowest BCUT2D eigenvalue weighted by atomic mass is 9.79. The first kappa shape index (κ1) is 37.3. The van der Waals surface area contributed by atoms with Crippen molar-refractivity contribution in [2.75, 3.05) is 4.90 Å². The Labute approximate surface area is 370 Å². The monoisotopic (exact) mass is 805 g/mol. The maximum absolute atomic E-state index is 2.44. The summed E-state index contributed by atoms with van der Waals surface area (Å²) in [6, 6.07) is 79.1. The second-order valence-corrected chi connectivity index (χ2v) is 18.5. The number of anilines is 3. The van der Waals surface area contributed by atoms with E-state index in [1.807, 2.05) is 0 Å². The van der Waals surface area contributed by atoms with E-state index in [0.717, 1.165) is 17.1 Å². The average Bonchev–Trinajstić information content (AvgIpc) is 3.71. The van der Waals surface area contributed by atoms with Crippen molar-refractivity contribution in [3.63, 3.8) is 0 Å². The summed E-state index contributed by atoms with van der Waals surface area (Å²) in [5.41, 5.74) is 21.5. The summed E-state index contributed by atoms with van der Waals surface area (Å²) in [4.78, 5) is 2.44. The topological polar surface area (TPSA) is 3.24 Å². The van der Waals surface area contributed by atoms with Crippen molar-refractivity contribution in [1.29, 1.82) is 0 Å². The van der Waals surface area contributed by atoms with Crippen molar-refractivity contribution in [2.24, 2.45) is 0 Å². The molecule has 1 nitrogen and oxygen atoms in total. The predicted molar refractivity (Wildman–Crippen MR) is 268 cm³/mol. The minimum absolute atomic E-state index is 0.0516. The molecule has 0 spiro atoms. The summed E-state index contributed by atoms with van der Waals surface area (Å²) in [6.45, 7) is 9.45. The molecule has 10 aromatic carbocycles. The standard InChI is InChI=1S/C62H47N/c1-61(2)56-21-10-7-17-52(56)54-37-30-43(39-58(54)61)40-26-32-46(33-27-40)63(59-23-12-9-16-50(59)45-31-36-49-44(38-45)25-24-41-14-5-6-15-48(41)49)47-34-28-42(29-35-47)51-19-13-20-55-53-18-8-11-22-57(53)62(3,4)60(51)55/h5-39H,1-4H3. The quantitative estimate of drug-likeness (QED) is 0.151. The third-order valence-electron chi connectivity index (χ3n) is 14.3. The van der Waals surface area contributed by atoms with Crippen LogP contribution in [-0.2, 0) is 10.8 Å². The van der Waals surface area contributed by atoms with Gasteiger partial charge in [-0.2, -0.15) is 0 Å². The van der Waals surface area contributed by atoms with E-state index in [1.165, 1.54) is 99.4 Å². The molecule has 300 valence electrons. The Kier molecular flexibility index (Phi) is 8.30. The van der Waals surface area contributed by atoms with Gasteiger partial charge in [0, 0.05) is 27.8 Å². The third-order valence-corrected chi connectivity index (χ3v) is 14.3. The Morgan fingerprint density at radius 2 is 0.825 bits per heavy atom. The lowest BCUT2D eigenvalue weighted by molar-refractivity contribution is 0.660. The summed E-state index contributed by atoms with van der Waals surface area (Å²) in [6.07, 6.45) is 0. The lowest BCUT2D eigenvalue weighted by Gasteiger charge is -2.29. The fourth-order valence-electron chi connectivity index (χ4n) is 11.1. The number of para-hydroxylation sites is 1. The molecule has 0 radical (unpaired) electrons. The van der Waals surface area contributed by atoms with Gasteiger partial charge in [0.1, 0.15) is 0 Å². The number of hydrogen-bond donors (Lipinski definition) is 0. The van der Waals surface area contributed by atoms with E-state index >= 15 is 0 Å². The molecule has 2 aliphatic rings. The molecule has 0 amide bonds. The molecule has 0 N–H and O–H groups in total. The van der Waals surface area contributed by atoms with E-state index in [-0.39, 0.29) is 10.8 Å². The molecule has 0 bridgehead atoms. The minimum atomic E-state index is -0.0986. The van der Waals surface area contributed by atoms with Gasteiger partial charge in [0.2, 0.25) is 0 Å². The van der Waals surface area contributed by atoms with Crippen LogP contribution in [0.15, 0.2) is 212 Å². The van der Waals surface area contributed by atoms with Crippen molar-refractivity contribution in [2.45, 2.75) is 38.5 Å². The minimum Gasteiger partial charge on any atom is -0.310 e. The molecule has 0 saturated heterocycles. The highest BCUT2D eigenvalue weighted by molar-refractivity contribution is 6.09.